The zero-order chi connectivity index (χ0) is 7.61. The maximum absolute atomic E-state index is 9.41. The van der Waals surface area contributed by atoms with Crippen molar-refractivity contribution < 1.29 is 5.11 Å². The van der Waals surface area contributed by atoms with E-state index in [0.717, 1.165) is 0 Å². The highest BCUT2D eigenvalue weighted by Crippen LogP contribution is 2.11. The molecule has 1 aliphatic carbocycles. The predicted molar refractivity (Wildman–Crippen MR) is 41.2 cm³/mol. The summed E-state index contributed by atoms with van der Waals surface area (Å²) >= 11 is 0. The molecule has 0 spiro atoms. The molecule has 1 atom stereocenters. The quantitative estimate of drug-likeness (QED) is 0.516. The van der Waals surface area contributed by atoms with Gasteiger partial charge in [0, 0.05) is 5.70 Å². The first-order valence-electron chi connectivity index (χ1n) is 3.17. The van der Waals surface area contributed by atoms with Crippen molar-refractivity contribution in [1.82, 2.24) is 0 Å². The first-order valence-corrected chi connectivity index (χ1v) is 3.17. The van der Waals surface area contributed by atoms with Crippen molar-refractivity contribution >= 4 is 0 Å². The molecule has 0 aliphatic heterocycles. The summed E-state index contributed by atoms with van der Waals surface area (Å²) in [6, 6.07) is 0. The van der Waals surface area contributed by atoms with Crippen LogP contribution >= 0.6 is 0 Å². The van der Waals surface area contributed by atoms with E-state index in [1.165, 1.54) is 0 Å². The third-order valence-corrected chi connectivity index (χ3v) is 1.34. The second kappa shape index (κ2) is 2.31. The van der Waals surface area contributed by atoms with E-state index in [-0.39, 0.29) is 0 Å². The van der Waals surface area contributed by atoms with E-state index in [2.05, 4.69) is 0 Å². The van der Waals surface area contributed by atoms with Crippen LogP contribution in [0.5, 0.6) is 0 Å². The molecule has 1 unspecified atom stereocenters. The predicted octanol–water partition coefficient (Wildman–Crippen LogP) is 0.706. The molecule has 54 valence electrons. The summed E-state index contributed by atoms with van der Waals surface area (Å²) in [6.07, 6.45) is 8.53. The van der Waals surface area contributed by atoms with Crippen molar-refractivity contribution in [3.05, 3.63) is 36.1 Å². The van der Waals surface area contributed by atoms with E-state index >= 15 is 0 Å². The summed E-state index contributed by atoms with van der Waals surface area (Å²) < 4.78 is 0. The molecule has 0 radical (unpaired) electrons. The SMILES string of the molecule is CC1(O)C=CC=C(N)C=C1. The molecule has 0 aromatic carbocycles. The number of hydrogen-bond donors (Lipinski definition) is 2. The van der Waals surface area contributed by atoms with Gasteiger partial charge in [0.2, 0.25) is 0 Å². The molecule has 0 saturated carbocycles. The van der Waals surface area contributed by atoms with Gasteiger partial charge in [0.1, 0.15) is 0 Å². The van der Waals surface area contributed by atoms with Gasteiger partial charge in [-0.3, -0.25) is 0 Å². The van der Waals surface area contributed by atoms with Crippen LogP contribution < -0.4 is 5.73 Å². The van der Waals surface area contributed by atoms with Crippen molar-refractivity contribution in [3.8, 4) is 0 Å². The topological polar surface area (TPSA) is 46.2 Å². The lowest BCUT2D eigenvalue weighted by atomic mass is 10.1. The highest BCUT2D eigenvalue weighted by molar-refractivity contribution is 5.30. The summed E-state index contributed by atoms with van der Waals surface area (Å²) in [5.74, 6) is 0. The van der Waals surface area contributed by atoms with Gasteiger partial charge >= 0.3 is 0 Å². The van der Waals surface area contributed by atoms with Crippen molar-refractivity contribution in [2.75, 3.05) is 0 Å². The van der Waals surface area contributed by atoms with Crippen molar-refractivity contribution in [2.45, 2.75) is 12.5 Å². The highest BCUT2D eigenvalue weighted by atomic mass is 16.3. The molecule has 0 bridgehead atoms. The number of rotatable bonds is 0. The van der Waals surface area contributed by atoms with Gasteiger partial charge in [0.05, 0.1) is 5.60 Å². The molecule has 2 nitrogen and oxygen atoms in total. The summed E-state index contributed by atoms with van der Waals surface area (Å²) in [7, 11) is 0. The zero-order valence-corrected chi connectivity index (χ0v) is 5.91. The molecule has 10 heavy (non-hydrogen) atoms. The first-order chi connectivity index (χ1) is 4.60. The molecule has 0 aromatic heterocycles. The Morgan fingerprint density at radius 2 is 2.20 bits per heavy atom. The summed E-state index contributed by atoms with van der Waals surface area (Å²) in [6.45, 7) is 1.70. The van der Waals surface area contributed by atoms with E-state index < -0.39 is 5.60 Å². The molecule has 1 rings (SSSR count). The number of nitrogens with two attached hydrogens (primary N) is 1. The fourth-order valence-corrected chi connectivity index (χ4v) is 0.730. The molecule has 3 N–H and O–H groups in total. The molecule has 1 aliphatic rings. The van der Waals surface area contributed by atoms with Crippen molar-refractivity contribution in [2.24, 2.45) is 5.73 Å². The Morgan fingerprint density at radius 1 is 1.50 bits per heavy atom. The van der Waals surface area contributed by atoms with Gasteiger partial charge in [0.25, 0.3) is 0 Å². The van der Waals surface area contributed by atoms with E-state index in [0.29, 0.717) is 5.70 Å². The Morgan fingerprint density at radius 3 is 2.90 bits per heavy atom. The normalized spacial score (nSPS) is 31.6. The molecule has 2 heteroatoms. The van der Waals surface area contributed by atoms with Gasteiger partial charge < -0.3 is 10.8 Å². The van der Waals surface area contributed by atoms with Crippen LogP contribution in [0.4, 0.5) is 0 Å². The number of hydrogen-bond acceptors (Lipinski definition) is 2. The lowest BCUT2D eigenvalue weighted by Gasteiger charge is -2.10. The maximum Gasteiger partial charge on any atom is 0.0987 e. The molecule has 0 amide bonds. The Kier molecular flexibility index (Phi) is 1.64. The Balaban J connectivity index is 2.88. The van der Waals surface area contributed by atoms with Crippen molar-refractivity contribution in [1.29, 1.82) is 0 Å². The lowest BCUT2D eigenvalue weighted by Crippen LogP contribution is -2.15. The summed E-state index contributed by atoms with van der Waals surface area (Å²) in [4.78, 5) is 0. The smallest absolute Gasteiger partial charge is 0.0987 e. The molecule has 0 fully saturated rings. The Bertz CT molecular complexity index is 211. The van der Waals surface area contributed by atoms with Crippen LogP contribution in [-0.4, -0.2) is 10.7 Å². The van der Waals surface area contributed by atoms with Crippen molar-refractivity contribution in [3.63, 3.8) is 0 Å². The van der Waals surface area contributed by atoms with Crippen LogP contribution in [0.15, 0.2) is 36.1 Å². The molecule has 0 aromatic rings. The van der Waals surface area contributed by atoms with Gasteiger partial charge in [0.15, 0.2) is 0 Å². The van der Waals surface area contributed by atoms with Gasteiger partial charge in [-0.15, -0.1) is 0 Å². The number of aliphatic hydroxyl groups is 1. The fourth-order valence-electron chi connectivity index (χ4n) is 0.730. The molecular formula is C8H11NO. The minimum Gasteiger partial charge on any atom is -0.399 e. The minimum absolute atomic E-state index is 0.661. The third kappa shape index (κ3) is 1.74. The first kappa shape index (κ1) is 7.09. The van der Waals surface area contributed by atoms with Crippen LogP contribution in [0.3, 0.4) is 0 Å². The average Bonchev–Trinajstić information content (AvgIpc) is 1.94. The highest BCUT2D eigenvalue weighted by Gasteiger charge is 2.11. The zero-order valence-electron chi connectivity index (χ0n) is 5.91. The average molecular weight is 137 g/mol. The largest absolute Gasteiger partial charge is 0.399 e. The Labute approximate surface area is 60.4 Å². The second-order valence-electron chi connectivity index (χ2n) is 2.58. The number of allylic oxidation sites excluding steroid dienone is 3. The Hall–Kier alpha value is -1.02. The summed E-state index contributed by atoms with van der Waals surface area (Å²) in [5.41, 5.74) is 5.28. The van der Waals surface area contributed by atoms with Gasteiger partial charge in [-0.25, -0.2) is 0 Å². The molecular weight excluding hydrogens is 126 g/mol. The fraction of sp³-hybridized carbons (Fsp3) is 0.250. The standard InChI is InChI=1S/C8H11NO/c1-8(10)5-2-3-7(9)4-6-8/h2-6,10H,9H2,1H3. The van der Waals surface area contributed by atoms with E-state index in [9.17, 15) is 5.11 Å². The molecule has 0 saturated heterocycles. The second-order valence-corrected chi connectivity index (χ2v) is 2.58. The van der Waals surface area contributed by atoms with Crippen LogP contribution in [0.1, 0.15) is 6.92 Å². The minimum atomic E-state index is -0.850. The van der Waals surface area contributed by atoms with Gasteiger partial charge in [-0.2, -0.15) is 0 Å². The van der Waals surface area contributed by atoms with Crippen LogP contribution in [0.25, 0.3) is 0 Å². The van der Waals surface area contributed by atoms with E-state index in [1.54, 1.807) is 37.3 Å². The molecule has 0 heterocycles. The monoisotopic (exact) mass is 137 g/mol. The van der Waals surface area contributed by atoms with Crippen LogP contribution in [-0.2, 0) is 0 Å². The lowest BCUT2D eigenvalue weighted by molar-refractivity contribution is 0.164. The third-order valence-electron chi connectivity index (χ3n) is 1.34. The van der Waals surface area contributed by atoms with Crippen LogP contribution in [0, 0.1) is 0 Å². The maximum atomic E-state index is 9.41. The summed E-state index contributed by atoms with van der Waals surface area (Å²) in [5, 5.41) is 9.41. The van der Waals surface area contributed by atoms with Gasteiger partial charge in [-0.05, 0) is 31.2 Å². The van der Waals surface area contributed by atoms with E-state index in [1.807, 2.05) is 0 Å². The van der Waals surface area contributed by atoms with Gasteiger partial charge in [-0.1, -0.05) is 6.08 Å². The van der Waals surface area contributed by atoms with Crippen LogP contribution in [0.2, 0.25) is 0 Å². The van der Waals surface area contributed by atoms with E-state index in [4.69, 9.17) is 5.73 Å².